The Labute approximate surface area is 240 Å². The third-order valence-electron chi connectivity index (χ3n) is 5.88. The molecular formula is C24H33N6O9PS. The average molecular weight is 613 g/mol. The van der Waals surface area contributed by atoms with Crippen molar-refractivity contribution >= 4 is 24.4 Å². The minimum atomic E-state index is -3.70. The smallest absolute Gasteiger partial charge is 0.330 e. The summed E-state index contributed by atoms with van der Waals surface area (Å²) in [6.45, 7) is 4.01. The molecule has 1 fully saturated rings. The van der Waals surface area contributed by atoms with Crippen LogP contribution in [0, 0.1) is 5.41 Å². The van der Waals surface area contributed by atoms with E-state index < -0.39 is 60.2 Å². The van der Waals surface area contributed by atoms with E-state index in [1.54, 1.807) is 30.3 Å². The zero-order valence-corrected chi connectivity index (χ0v) is 24.8. The predicted octanol–water partition coefficient (Wildman–Crippen LogP) is 2.07. The summed E-state index contributed by atoms with van der Waals surface area (Å²) >= 11 is 5.68. The third kappa shape index (κ3) is 7.82. The number of carbonyl (C=O) groups excluding carboxylic acids is 1. The number of carbonyl (C=O) groups is 1. The Morgan fingerprint density at radius 2 is 2.00 bits per heavy atom. The highest BCUT2D eigenvalue weighted by Gasteiger charge is 2.62. The lowest BCUT2D eigenvalue weighted by Gasteiger charge is -2.32. The summed E-state index contributed by atoms with van der Waals surface area (Å²) in [6.07, 6.45) is -2.53. The lowest BCUT2D eigenvalue weighted by Crippen LogP contribution is -2.51. The van der Waals surface area contributed by atoms with Crippen LogP contribution in [-0.4, -0.2) is 62.4 Å². The van der Waals surface area contributed by atoms with Gasteiger partial charge in [-0.1, -0.05) is 44.1 Å². The fourth-order valence-electron chi connectivity index (χ4n) is 3.80. The molecule has 0 saturated carbocycles. The second-order valence-electron chi connectivity index (χ2n) is 10.8. The van der Waals surface area contributed by atoms with Crippen LogP contribution in [0.2, 0.25) is 0 Å². The van der Waals surface area contributed by atoms with Gasteiger partial charge >= 0.3 is 18.3 Å². The number of ether oxygens (including phenoxy) is 2. The molecule has 15 nitrogen and oxygen atoms in total. The minimum Gasteiger partial charge on any atom is -0.464 e. The highest BCUT2D eigenvalue weighted by atomic mass is 32.5. The molecule has 0 radical (unpaired) electrons. The monoisotopic (exact) mass is 612 g/mol. The normalized spacial score (nSPS) is 26.4. The van der Waals surface area contributed by atoms with Crippen LogP contribution in [0.5, 0.6) is 5.75 Å². The van der Waals surface area contributed by atoms with E-state index in [0.29, 0.717) is 0 Å². The van der Waals surface area contributed by atoms with Crippen molar-refractivity contribution in [3.05, 3.63) is 73.9 Å². The number of H-pyrrole nitrogens is 1. The van der Waals surface area contributed by atoms with Gasteiger partial charge in [-0.05, 0) is 48.7 Å². The Balaban J connectivity index is 1.93. The van der Waals surface area contributed by atoms with Crippen molar-refractivity contribution in [3.63, 3.8) is 0 Å². The Bertz CT molecular complexity index is 1450. The number of aliphatic hydroxyl groups is 2. The predicted molar refractivity (Wildman–Crippen MR) is 150 cm³/mol. The van der Waals surface area contributed by atoms with E-state index in [2.05, 4.69) is 15.1 Å². The van der Waals surface area contributed by atoms with Gasteiger partial charge in [-0.2, -0.15) is 0 Å². The Morgan fingerprint density at radius 3 is 2.59 bits per heavy atom. The van der Waals surface area contributed by atoms with Gasteiger partial charge in [0.15, 0.2) is 6.23 Å². The highest BCUT2D eigenvalue weighted by Crippen LogP contribution is 2.50. The first-order valence-electron chi connectivity index (χ1n) is 12.4. The van der Waals surface area contributed by atoms with Crippen molar-refractivity contribution in [3.8, 4) is 5.75 Å². The number of rotatable bonds is 11. The first kappa shape index (κ1) is 32.4. The molecule has 2 heterocycles. The number of aromatic amines is 1. The van der Waals surface area contributed by atoms with Crippen molar-refractivity contribution in [2.45, 2.75) is 64.3 Å². The standard InChI is InChI=1S/C24H33N6O9PS/c1-15(18(32)36-13-22(2,3)4)27-40(41,39-16-9-7-6-8-10-16)37-14-24(28-29-25)19(33)23(5,35)20(38-24)30-12-11-17(31)26-21(30)34/h6-12,15,19-20,33,35H,13-14H2,1-5H3,(H,27,41)(H,26,31,34)/t15?,19-,20+,23+,24+,40?/m0/s1. The van der Waals surface area contributed by atoms with Crippen LogP contribution in [0.3, 0.4) is 0 Å². The summed E-state index contributed by atoms with van der Waals surface area (Å²) in [6, 6.07) is 8.32. The van der Waals surface area contributed by atoms with E-state index in [4.69, 9.17) is 30.3 Å². The number of hydrogen-bond donors (Lipinski definition) is 4. The summed E-state index contributed by atoms with van der Waals surface area (Å²) in [5.74, 6) is -0.342. The van der Waals surface area contributed by atoms with Gasteiger partial charge in [0.25, 0.3) is 5.56 Å². The number of para-hydroxylation sites is 1. The summed E-state index contributed by atoms with van der Waals surface area (Å²) in [5.41, 5.74) is 2.85. The van der Waals surface area contributed by atoms with Crippen molar-refractivity contribution in [1.82, 2.24) is 14.6 Å². The third-order valence-corrected chi connectivity index (χ3v) is 8.36. The number of aromatic nitrogens is 2. The van der Waals surface area contributed by atoms with E-state index in [-0.39, 0.29) is 17.8 Å². The molecule has 3 rings (SSSR count). The van der Waals surface area contributed by atoms with Crippen LogP contribution in [0.4, 0.5) is 0 Å². The summed E-state index contributed by atoms with van der Waals surface area (Å²) < 4.78 is 23.8. The molecule has 41 heavy (non-hydrogen) atoms. The van der Waals surface area contributed by atoms with Crippen LogP contribution in [0.25, 0.3) is 10.4 Å². The van der Waals surface area contributed by atoms with E-state index in [0.717, 1.165) is 23.8 Å². The van der Waals surface area contributed by atoms with Gasteiger partial charge in [-0.3, -0.25) is 19.1 Å². The van der Waals surface area contributed by atoms with Gasteiger partial charge in [0.2, 0.25) is 5.72 Å². The average Bonchev–Trinajstić information content (AvgIpc) is 3.07. The molecule has 2 unspecified atom stereocenters. The first-order chi connectivity index (χ1) is 19.0. The zero-order chi connectivity index (χ0) is 30.6. The van der Waals surface area contributed by atoms with Crippen molar-refractivity contribution in [1.29, 1.82) is 0 Å². The lowest BCUT2D eigenvalue weighted by atomic mass is 9.93. The molecule has 2 aromatic rings. The summed E-state index contributed by atoms with van der Waals surface area (Å²) in [5, 5.41) is 28.7. The van der Waals surface area contributed by atoms with E-state index >= 15 is 0 Å². The minimum absolute atomic E-state index is 0.141. The molecular weight excluding hydrogens is 579 g/mol. The van der Waals surface area contributed by atoms with Crippen LogP contribution in [0.1, 0.15) is 40.8 Å². The quantitative estimate of drug-likeness (QED) is 0.0948. The second-order valence-corrected chi connectivity index (χ2v) is 14.0. The van der Waals surface area contributed by atoms with Gasteiger partial charge < -0.3 is 28.7 Å². The molecule has 6 atom stereocenters. The maximum atomic E-state index is 12.7. The van der Waals surface area contributed by atoms with Gasteiger partial charge in [0.1, 0.15) is 23.5 Å². The topological polar surface area (TPSA) is 210 Å². The molecule has 1 aliphatic rings. The van der Waals surface area contributed by atoms with Crippen LogP contribution in [0.15, 0.2) is 57.3 Å². The Hall–Kier alpha value is -3.07. The van der Waals surface area contributed by atoms with Gasteiger partial charge in [0.05, 0.1) is 13.2 Å². The number of aliphatic hydroxyl groups excluding tert-OH is 1. The SMILES string of the molecule is CC(NP(=S)(OC[C@@]1(N=[N+]=[N-])O[C@@H](n2ccc(=O)[nH]c2=O)[C@](C)(O)[C@@H]1O)Oc1ccccc1)C(=O)OCC(C)(C)C. The second kappa shape index (κ2) is 12.4. The van der Waals surface area contributed by atoms with Crippen molar-refractivity contribution in [2.24, 2.45) is 10.5 Å². The van der Waals surface area contributed by atoms with Crippen LogP contribution >= 0.6 is 6.64 Å². The molecule has 1 aromatic carbocycles. The van der Waals surface area contributed by atoms with E-state index in [1.807, 2.05) is 25.8 Å². The van der Waals surface area contributed by atoms with Crippen LogP contribution in [-0.2, 0) is 30.6 Å². The molecule has 0 aliphatic carbocycles. The number of nitrogens with one attached hydrogen (secondary N) is 2. The first-order valence-corrected chi connectivity index (χ1v) is 15.1. The van der Waals surface area contributed by atoms with E-state index in [1.165, 1.54) is 6.92 Å². The molecule has 0 spiro atoms. The van der Waals surface area contributed by atoms with E-state index in [9.17, 15) is 30.1 Å². The fraction of sp³-hybridized carbons (Fsp3) is 0.542. The highest BCUT2D eigenvalue weighted by molar-refractivity contribution is 8.09. The summed E-state index contributed by atoms with van der Waals surface area (Å²) in [4.78, 5) is 41.4. The van der Waals surface area contributed by atoms with Gasteiger partial charge in [-0.15, -0.1) is 0 Å². The van der Waals surface area contributed by atoms with Crippen molar-refractivity contribution in [2.75, 3.05) is 13.2 Å². The molecule has 0 amide bonds. The molecule has 17 heteroatoms. The Kier molecular flexibility index (Phi) is 9.84. The van der Waals surface area contributed by atoms with Crippen LogP contribution < -0.4 is 20.9 Å². The fourth-order valence-corrected chi connectivity index (χ4v) is 6.21. The molecule has 4 N–H and O–H groups in total. The van der Waals surface area contributed by atoms with Gasteiger partial charge in [-0.25, -0.2) is 9.88 Å². The number of esters is 1. The molecule has 1 saturated heterocycles. The zero-order valence-electron chi connectivity index (χ0n) is 23.1. The summed E-state index contributed by atoms with van der Waals surface area (Å²) in [7, 11) is 0. The number of hydrogen-bond acceptors (Lipinski definition) is 11. The maximum Gasteiger partial charge on any atom is 0.330 e. The lowest BCUT2D eigenvalue weighted by molar-refractivity contribution is -0.148. The molecule has 1 aliphatic heterocycles. The largest absolute Gasteiger partial charge is 0.464 e. The maximum absolute atomic E-state index is 12.7. The molecule has 224 valence electrons. The number of benzene rings is 1. The number of nitrogens with zero attached hydrogens (tertiary/aromatic N) is 4. The number of azide groups is 1. The van der Waals surface area contributed by atoms with Crippen molar-refractivity contribution < 1.29 is 33.5 Å². The van der Waals surface area contributed by atoms with Gasteiger partial charge in [0, 0.05) is 17.2 Å². The molecule has 1 aromatic heterocycles. The Morgan fingerprint density at radius 1 is 1.34 bits per heavy atom. The molecule has 0 bridgehead atoms.